The van der Waals surface area contributed by atoms with Crippen LogP contribution in [0.3, 0.4) is 0 Å². The predicted octanol–water partition coefficient (Wildman–Crippen LogP) is 2.90. The standard InChI is InChI=1S/C18H22N4OS/c1-22-11-10-20-17(22)24-15-5-3-2-4-14(15)21-16(23)13-12-18(13)6-8-19-9-7-18/h2-5,10-11,13,19H,6-9,12H2,1H3,(H,21,23). The number of rotatable bonds is 4. The highest BCUT2D eigenvalue weighted by Gasteiger charge is 2.57. The molecule has 1 saturated carbocycles. The van der Waals surface area contributed by atoms with E-state index < -0.39 is 0 Å². The number of piperidine rings is 1. The third-order valence-electron chi connectivity index (χ3n) is 5.23. The molecule has 1 aliphatic heterocycles. The number of amides is 1. The summed E-state index contributed by atoms with van der Waals surface area (Å²) in [4.78, 5) is 18.1. The topological polar surface area (TPSA) is 59.0 Å². The van der Waals surface area contributed by atoms with Crippen LogP contribution in [0.15, 0.2) is 46.7 Å². The zero-order valence-electron chi connectivity index (χ0n) is 13.8. The van der Waals surface area contributed by atoms with Gasteiger partial charge in [-0.05, 0) is 61.7 Å². The van der Waals surface area contributed by atoms with Crippen LogP contribution in [0.2, 0.25) is 0 Å². The van der Waals surface area contributed by atoms with E-state index in [1.807, 2.05) is 42.1 Å². The average Bonchev–Trinajstić information content (AvgIpc) is 3.13. The highest BCUT2D eigenvalue weighted by atomic mass is 32.2. The Kier molecular flexibility index (Phi) is 4.10. The second kappa shape index (κ2) is 6.26. The quantitative estimate of drug-likeness (QED) is 0.897. The van der Waals surface area contributed by atoms with Crippen LogP contribution in [0.1, 0.15) is 19.3 Å². The van der Waals surface area contributed by atoms with Crippen molar-refractivity contribution in [2.24, 2.45) is 18.4 Å². The minimum Gasteiger partial charge on any atom is -0.329 e. The maximum absolute atomic E-state index is 12.7. The Bertz CT molecular complexity index is 751. The van der Waals surface area contributed by atoms with E-state index in [2.05, 4.69) is 15.6 Å². The Morgan fingerprint density at radius 2 is 2.17 bits per heavy atom. The average molecular weight is 342 g/mol. The van der Waals surface area contributed by atoms with E-state index in [1.165, 1.54) is 0 Å². The summed E-state index contributed by atoms with van der Waals surface area (Å²) in [5.41, 5.74) is 1.14. The second-order valence-corrected chi connectivity index (χ2v) is 7.79. The highest BCUT2D eigenvalue weighted by Crippen LogP contribution is 2.58. The number of carbonyl (C=O) groups excluding carboxylic acids is 1. The molecule has 4 rings (SSSR count). The molecule has 126 valence electrons. The van der Waals surface area contributed by atoms with E-state index >= 15 is 0 Å². The molecule has 2 N–H and O–H groups in total. The lowest BCUT2D eigenvalue weighted by Crippen LogP contribution is -2.31. The number of para-hydroxylation sites is 1. The van der Waals surface area contributed by atoms with Crippen LogP contribution in [0.4, 0.5) is 5.69 Å². The molecule has 5 nitrogen and oxygen atoms in total. The Labute approximate surface area is 146 Å². The van der Waals surface area contributed by atoms with E-state index in [9.17, 15) is 4.79 Å². The molecule has 1 aromatic carbocycles. The molecule has 1 aromatic heterocycles. The Morgan fingerprint density at radius 1 is 1.38 bits per heavy atom. The smallest absolute Gasteiger partial charge is 0.228 e. The third-order valence-corrected chi connectivity index (χ3v) is 6.38. The highest BCUT2D eigenvalue weighted by molar-refractivity contribution is 7.99. The van der Waals surface area contributed by atoms with Crippen LogP contribution in [-0.2, 0) is 11.8 Å². The normalized spacial score (nSPS) is 21.6. The number of nitrogens with zero attached hydrogens (tertiary/aromatic N) is 2. The molecule has 2 aromatic rings. The van der Waals surface area contributed by atoms with Crippen molar-refractivity contribution in [1.29, 1.82) is 0 Å². The first-order chi connectivity index (χ1) is 11.7. The van der Waals surface area contributed by atoms with Gasteiger partial charge in [0.25, 0.3) is 0 Å². The fourth-order valence-corrected chi connectivity index (χ4v) is 4.51. The molecule has 2 aliphatic rings. The molecular formula is C18H22N4OS. The Morgan fingerprint density at radius 3 is 2.92 bits per heavy atom. The van der Waals surface area contributed by atoms with Crippen LogP contribution in [0, 0.1) is 11.3 Å². The van der Waals surface area contributed by atoms with Crippen molar-refractivity contribution in [2.45, 2.75) is 29.3 Å². The van der Waals surface area contributed by atoms with E-state index in [4.69, 9.17) is 0 Å². The van der Waals surface area contributed by atoms with Crippen molar-refractivity contribution in [2.75, 3.05) is 18.4 Å². The largest absolute Gasteiger partial charge is 0.329 e. The van der Waals surface area contributed by atoms with Gasteiger partial charge in [-0.25, -0.2) is 4.98 Å². The van der Waals surface area contributed by atoms with E-state index in [0.29, 0.717) is 0 Å². The number of hydrogen-bond acceptors (Lipinski definition) is 4. The molecular weight excluding hydrogens is 320 g/mol. The molecule has 1 saturated heterocycles. The van der Waals surface area contributed by atoms with Crippen molar-refractivity contribution in [3.63, 3.8) is 0 Å². The van der Waals surface area contributed by atoms with Gasteiger partial charge in [0.15, 0.2) is 5.16 Å². The maximum atomic E-state index is 12.7. The van der Waals surface area contributed by atoms with Crippen LogP contribution in [0.25, 0.3) is 0 Å². The van der Waals surface area contributed by atoms with Crippen LogP contribution in [0.5, 0.6) is 0 Å². The van der Waals surface area contributed by atoms with Gasteiger partial charge in [-0.3, -0.25) is 4.79 Å². The molecule has 1 amide bonds. The number of aryl methyl sites for hydroxylation is 1. The summed E-state index contributed by atoms with van der Waals surface area (Å²) in [5.74, 6) is 0.343. The molecule has 2 heterocycles. The predicted molar refractivity (Wildman–Crippen MR) is 95.0 cm³/mol. The van der Waals surface area contributed by atoms with E-state index in [-0.39, 0.29) is 17.2 Å². The number of anilines is 1. The monoisotopic (exact) mass is 342 g/mol. The van der Waals surface area contributed by atoms with Crippen molar-refractivity contribution in [3.05, 3.63) is 36.7 Å². The lowest BCUT2D eigenvalue weighted by molar-refractivity contribution is -0.118. The summed E-state index contributed by atoms with van der Waals surface area (Å²) in [6.07, 6.45) is 6.99. The first-order valence-corrected chi connectivity index (χ1v) is 9.25. The number of benzene rings is 1. The summed E-state index contributed by atoms with van der Waals surface area (Å²) in [7, 11) is 1.97. The molecule has 1 atom stereocenters. The fraction of sp³-hybridized carbons (Fsp3) is 0.444. The number of hydrogen-bond donors (Lipinski definition) is 2. The third kappa shape index (κ3) is 2.96. The first-order valence-electron chi connectivity index (χ1n) is 8.44. The van der Waals surface area contributed by atoms with Crippen LogP contribution >= 0.6 is 11.8 Å². The molecule has 2 fully saturated rings. The number of aromatic nitrogens is 2. The zero-order chi connectivity index (χ0) is 16.6. The van der Waals surface area contributed by atoms with Crippen LogP contribution < -0.4 is 10.6 Å². The Balaban J connectivity index is 1.47. The van der Waals surface area contributed by atoms with Crippen molar-refractivity contribution in [3.8, 4) is 0 Å². The number of imidazole rings is 1. The summed E-state index contributed by atoms with van der Waals surface area (Å²) in [6, 6.07) is 7.96. The van der Waals surface area contributed by atoms with Gasteiger partial charge < -0.3 is 15.2 Å². The van der Waals surface area contributed by atoms with Gasteiger partial charge in [0, 0.05) is 30.3 Å². The summed E-state index contributed by atoms with van der Waals surface area (Å²) >= 11 is 1.58. The van der Waals surface area contributed by atoms with Crippen LogP contribution in [-0.4, -0.2) is 28.5 Å². The second-order valence-electron chi connectivity index (χ2n) is 6.78. The number of carbonyl (C=O) groups is 1. The van der Waals surface area contributed by atoms with Gasteiger partial charge in [0.2, 0.25) is 5.91 Å². The first kappa shape index (κ1) is 15.7. The molecule has 0 bridgehead atoms. The van der Waals surface area contributed by atoms with Gasteiger partial charge >= 0.3 is 0 Å². The fourth-order valence-electron chi connectivity index (χ4n) is 3.62. The van der Waals surface area contributed by atoms with Gasteiger partial charge in [0.1, 0.15) is 0 Å². The molecule has 1 unspecified atom stereocenters. The maximum Gasteiger partial charge on any atom is 0.228 e. The molecule has 0 radical (unpaired) electrons. The molecule has 6 heteroatoms. The molecule has 1 aliphatic carbocycles. The van der Waals surface area contributed by atoms with Gasteiger partial charge in [0.05, 0.1) is 5.69 Å². The lowest BCUT2D eigenvalue weighted by Gasteiger charge is -2.23. The molecule has 24 heavy (non-hydrogen) atoms. The summed E-state index contributed by atoms with van der Waals surface area (Å²) in [5, 5.41) is 7.46. The summed E-state index contributed by atoms with van der Waals surface area (Å²) < 4.78 is 1.98. The number of nitrogens with one attached hydrogen (secondary N) is 2. The minimum atomic E-state index is 0.171. The SMILES string of the molecule is Cn1ccnc1Sc1ccccc1NC(=O)C1CC12CCNCC2. The van der Waals surface area contributed by atoms with E-state index in [0.717, 1.165) is 48.1 Å². The lowest BCUT2D eigenvalue weighted by atomic mass is 9.92. The van der Waals surface area contributed by atoms with E-state index in [1.54, 1.807) is 18.0 Å². The molecule has 1 spiro atoms. The van der Waals surface area contributed by atoms with Gasteiger partial charge in [-0.15, -0.1) is 0 Å². The van der Waals surface area contributed by atoms with Gasteiger partial charge in [-0.1, -0.05) is 12.1 Å². The Hall–Kier alpha value is -1.79. The van der Waals surface area contributed by atoms with Crippen molar-refractivity contribution in [1.82, 2.24) is 14.9 Å². The summed E-state index contributed by atoms with van der Waals surface area (Å²) in [6.45, 7) is 2.07. The van der Waals surface area contributed by atoms with Gasteiger partial charge in [-0.2, -0.15) is 0 Å². The van der Waals surface area contributed by atoms with Crippen molar-refractivity contribution >= 4 is 23.4 Å². The van der Waals surface area contributed by atoms with Crippen molar-refractivity contribution < 1.29 is 4.79 Å². The zero-order valence-corrected chi connectivity index (χ0v) is 14.6. The minimum absolute atomic E-state index is 0.171.